The van der Waals surface area contributed by atoms with Crippen molar-refractivity contribution >= 4 is 17.5 Å². The molecule has 0 spiro atoms. The van der Waals surface area contributed by atoms with Crippen LogP contribution in [0.5, 0.6) is 0 Å². The fourth-order valence-corrected chi connectivity index (χ4v) is 2.08. The quantitative estimate of drug-likeness (QED) is 0.591. The van der Waals surface area contributed by atoms with Crippen LogP contribution < -0.4 is 5.32 Å². The number of hydrogen-bond acceptors (Lipinski definition) is 5. The number of carbonyl (C=O) groups is 1. The average Bonchev–Trinajstić information content (AvgIpc) is 2.64. The predicted molar refractivity (Wildman–Crippen MR) is 78.5 cm³/mol. The van der Waals surface area contributed by atoms with Gasteiger partial charge in [-0.25, -0.2) is 4.68 Å². The molecule has 1 aromatic rings. The maximum Gasteiger partial charge on any atom is 0.333 e. The zero-order valence-corrected chi connectivity index (χ0v) is 13.0. The van der Waals surface area contributed by atoms with E-state index in [-0.39, 0.29) is 29.9 Å². The molecule has 0 saturated carbocycles. The summed E-state index contributed by atoms with van der Waals surface area (Å²) < 4.78 is 1.53. The van der Waals surface area contributed by atoms with E-state index < -0.39 is 16.9 Å². The number of carboxylic acid groups (broad SMARTS) is 1. The van der Waals surface area contributed by atoms with Gasteiger partial charge in [-0.05, 0) is 26.7 Å². The van der Waals surface area contributed by atoms with E-state index in [1.807, 2.05) is 27.7 Å². The number of nitro groups is 1. The Kier molecular flexibility index (Phi) is 5.28. The molecule has 0 radical (unpaired) electrons. The van der Waals surface area contributed by atoms with Gasteiger partial charge in [0.2, 0.25) is 5.82 Å². The molecule has 0 saturated heterocycles. The van der Waals surface area contributed by atoms with Gasteiger partial charge in [-0.1, -0.05) is 13.8 Å². The first-order chi connectivity index (χ1) is 9.65. The van der Waals surface area contributed by atoms with Crippen LogP contribution in [-0.2, 0) is 4.79 Å². The second-order valence-electron chi connectivity index (χ2n) is 5.67. The topological polar surface area (TPSA) is 110 Å². The Morgan fingerprint density at radius 2 is 2.00 bits per heavy atom. The lowest BCUT2D eigenvalue weighted by Gasteiger charge is -2.22. The summed E-state index contributed by atoms with van der Waals surface area (Å²) in [5.74, 6) is -0.667. The number of rotatable bonds is 7. The molecule has 1 rings (SSSR count). The monoisotopic (exact) mass is 298 g/mol. The lowest BCUT2D eigenvalue weighted by atomic mass is 10.0. The number of anilines is 1. The van der Waals surface area contributed by atoms with Gasteiger partial charge in [-0.3, -0.25) is 14.9 Å². The molecule has 1 atom stereocenters. The van der Waals surface area contributed by atoms with Gasteiger partial charge in [-0.15, -0.1) is 0 Å². The number of aromatic nitrogens is 2. The van der Waals surface area contributed by atoms with Gasteiger partial charge in [0.15, 0.2) is 0 Å². The highest BCUT2D eigenvalue weighted by Gasteiger charge is 2.29. The molecular formula is C13H22N4O4. The van der Waals surface area contributed by atoms with E-state index in [4.69, 9.17) is 5.11 Å². The highest BCUT2D eigenvalue weighted by Crippen LogP contribution is 2.32. The zero-order chi connectivity index (χ0) is 16.3. The normalized spacial score (nSPS) is 12.7. The Morgan fingerprint density at radius 1 is 1.43 bits per heavy atom. The summed E-state index contributed by atoms with van der Waals surface area (Å²) in [7, 11) is 0. The molecule has 8 nitrogen and oxygen atoms in total. The highest BCUT2D eigenvalue weighted by atomic mass is 16.6. The van der Waals surface area contributed by atoms with E-state index in [1.54, 1.807) is 6.92 Å². The summed E-state index contributed by atoms with van der Waals surface area (Å²) >= 11 is 0. The van der Waals surface area contributed by atoms with Crippen LogP contribution in [0.1, 0.15) is 45.9 Å². The first-order valence-electron chi connectivity index (χ1n) is 6.87. The van der Waals surface area contributed by atoms with Gasteiger partial charge < -0.3 is 10.4 Å². The maximum atomic E-state index is 11.2. The van der Waals surface area contributed by atoms with Crippen LogP contribution in [-0.4, -0.2) is 31.8 Å². The van der Waals surface area contributed by atoms with Crippen LogP contribution in [0.2, 0.25) is 0 Å². The molecule has 1 heterocycles. The number of nitrogens with one attached hydrogen (secondary N) is 1. The summed E-state index contributed by atoms with van der Waals surface area (Å²) in [6.45, 7) is 9.04. The van der Waals surface area contributed by atoms with Crippen molar-refractivity contribution in [1.29, 1.82) is 0 Å². The van der Waals surface area contributed by atoms with Crippen LogP contribution >= 0.6 is 0 Å². The highest BCUT2D eigenvalue weighted by molar-refractivity contribution is 5.69. The summed E-state index contributed by atoms with van der Waals surface area (Å²) in [6, 6.07) is -0.479. The molecule has 1 aromatic heterocycles. The molecule has 1 unspecified atom stereocenters. The lowest BCUT2D eigenvalue weighted by Crippen LogP contribution is -2.30. The van der Waals surface area contributed by atoms with Crippen molar-refractivity contribution in [3.63, 3.8) is 0 Å². The van der Waals surface area contributed by atoms with E-state index in [2.05, 4.69) is 10.4 Å². The molecule has 0 aliphatic carbocycles. The molecular weight excluding hydrogens is 276 g/mol. The minimum atomic E-state index is -0.948. The van der Waals surface area contributed by atoms with Crippen molar-refractivity contribution in [3.05, 3.63) is 15.8 Å². The maximum absolute atomic E-state index is 11.2. The molecule has 8 heteroatoms. The van der Waals surface area contributed by atoms with Crippen LogP contribution in [0.15, 0.2) is 0 Å². The summed E-state index contributed by atoms with van der Waals surface area (Å²) in [5, 5.41) is 27.4. The molecule has 0 amide bonds. The number of hydrogen-bond donors (Lipinski definition) is 2. The van der Waals surface area contributed by atoms with E-state index >= 15 is 0 Å². The van der Waals surface area contributed by atoms with Crippen molar-refractivity contribution in [2.45, 2.75) is 53.1 Å². The molecule has 118 valence electrons. The first-order valence-corrected chi connectivity index (χ1v) is 6.87. The van der Waals surface area contributed by atoms with Gasteiger partial charge in [0, 0.05) is 12.1 Å². The zero-order valence-electron chi connectivity index (χ0n) is 13.0. The molecule has 21 heavy (non-hydrogen) atoms. The van der Waals surface area contributed by atoms with E-state index in [1.165, 1.54) is 4.68 Å². The Balaban J connectivity index is 3.25. The summed E-state index contributed by atoms with van der Waals surface area (Å²) in [6.07, 6.45) is -0.114. The first kappa shape index (κ1) is 16.9. The third-order valence-electron chi connectivity index (χ3n) is 3.25. The molecule has 0 aliphatic rings. The van der Waals surface area contributed by atoms with E-state index in [0.29, 0.717) is 5.69 Å². The fraction of sp³-hybridized carbons (Fsp3) is 0.692. The molecule has 0 bridgehead atoms. The van der Waals surface area contributed by atoms with Crippen molar-refractivity contribution in [3.8, 4) is 0 Å². The number of aryl methyl sites for hydroxylation is 1. The average molecular weight is 298 g/mol. The largest absolute Gasteiger partial charge is 0.481 e. The van der Waals surface area contributed by atoms with E-state index in [9.17, 15) is 14.9 Å². The van der Waals surface area contributed by atoms with Gasteiger partial charge in [0.1, 0.15) is 5.69 Å². The molecule has 0 fully saturated rings. The number of carboxylic acids is 1. The van der Waals surface area contributed by atoms with Crippen LogP contribution in [0.25, 0.3) is 0 Å². The van der Waals surface area contributed by atoms with Crippen LogP contribution in [0, 0.1) is 23.0 Å². The SMILES string of the molecule is Cc1nn(C(C)C)c(NC(CC(=O)O)C(C)C)c1[N+](=O)[O-]. The summed E-state index contributed by atoms with van der Waals surface area (Å²) in [5.41, 5.74) is 0.216. The van der Waals surface area contributed by atoms with Gasteiger partial charge >= 0.3 is 11.7 Å². The minimum Gasteiger partial charge on any atom is -0.481 e. The Morgan fingerprint density at radius 3 is 2.38 bits per heavy atom. The van der Waals surface area contributed by atoms with Crippen molar-refractivity contribution in [1.82, 2.24) is 9.78 Å². The predicted octanol–water partition coefficient (Wildman–Crippen LogP) is 2.59. The second-order valence-corrected chi connectivity index (χ2v) is 5.67. The van der Waals surface area contributed by atoms with Gasteiger partial charge in [0.05, 0.1) is 11.3 Å². The third kappa shape index (κ3) is 3.93. The van der Waals surface area contributed by atoms with Crippen LogP contribution in [0.4, 0.5) is 11.5 Å². The third-order valence-corrected chi connectivity index (χ3v) is 3.25. The molecule has 0 aliphatic heterocycles. The smallest absolute Gasteiger partial charge is 0.333 e. The van der Waals surface area contributed by atoms with Gasteiger partial charge in [-0.2, -0.15) is 5.10 Å². The standard InChI is InChI=1S/C13H22N4O4/c1-7(2)10(6-11(18)19)14-13-12(17(20)21)9(5)15-16(13)8(3)4/h7-8,10,14H,6H2,1-5H3,(H,18,19). The fourth-order valence-electron chi connectivity index (χ4n) is 2.08. The minimum absolute atomic E-state index is 0.0107. The molecule has 0 aromatic carbocycles. The Labute approximate surface area is 123 Å². The van der Waals surface area contributed by atoms with Gasteiger partial charge in [0.25, 0.3) is 0 Å². The lowest BCUT2D eigenvalue weighted by molar-refractivity contribution is -0.384. The van der Waals surface area contributed by atoms with Crippen molar-refractivity contribution < 1.29 is 14.8 Å². The summed E-state index contributed by atoms with van der Waals surface area (Å²) in [4.78, 5) is 21.7. The van der Waals surface area contributed by atoms with Crippen molar-refractivity contribution in [2.75, 3.05) is 5.32 Å². The Hall–Kier alpha value is -2.12. The number of aliphatic carboxylic acids is 1. The second kappa shape index (κ2) is 6.55. The van der Waals surface area contributed by atoms with E-state index in [0.717, 1.165) is 0 Å². The number of nitrogens with zero attached hydrogens (tertiary/aromatic N) is 3. The van der Waals surface area contributed by atoms with Crippen LogP contribution in [0.3, 0.4) is 0 Å². The molecule has 2 N–H and O–H groups in total. The Bertz CT molecular complexity index is 537. The van der Waals surface area contributed by atoms with Crippen molar-refractivity contribution in [2.24, 2.45) is 5.92 Å².